The Balaban J connectivity index is 0.000000490. The van der Waals surface area contributed by atoms with Crippen molar-refractivity contribution in [3.8, 4) is 5.75 Å². The van der Waals surface area contributed by atoms with E-state index in [0.717, 1.165) is 0 Å². The number of hydrogen-bond donors (Lipinski definition) is 1. The van der Waals surface area contributed by atoms with Crippen LogP contribution in [0.2, 0.25) is 0 Å². The first-order chi connectivity index (χ1) is 3.39. The van der Waals surface area contributed by atoms with Crippen LogP contribution in [0.1, 0.15) is 0 Å². The van der Waals surface area contributed by atoms with E-state index in [1.54, 1.807) is 0 Å². The minimum atomic E-state index is 0. The summed E-state index contributed by atoms with van der Waals surface area (Å²) in [6, 6.07) is 0. The fourth-order valence-corrected chi connectivity index (χ4v) is 0.291. The molecule has 0 radical (unpaired) electrons. The Morgan fingerprint density at radius 2 is 1.75 bits per heavy atom. The van der Waals surface area contributed by atoms with Crippen molar-refractivity contribution in [2.75, 3.05) is 0 Å². The summed E-state index contributed by atoms with van der Waals surface area (Å²) >= 11 is 0. The smallest absolute Gasteiger partial charge is 0.152 e. The second-order valence-electron chi connectivity index (χ2n) is 1.10. The van der Waals surface area contributed by atoms with Crippen molar-refractivity contribution in [1.82, 2.24) is 9.97 Å². The summed E-state index contributed by atoms with van der Waals surface area (Å²) in [5, 5.41) is 8.51. The van der Waals surface area contributed by atoms with Crippen molar-refractivity contribution in [2.45, 2.75) is 0 Å². The summed E-state index contributed by atoms with van der Waals surface area (Å²) in [5.41, 5.74) is 0. The van der Waals surface area contributed by atoms with Gasteiger partial charge in [0.15, 0.2) is 5.75 Å². The Kier molecular flexibility index (Phi) is 3.36. The van der Waals surface area contributed by atoms with Crippen molar-refractivity contribution < 1.29 is 26.2 Å². The van der Waals surface area contributed by atoms with Gasteiger partial charge in [-0.1, -0.05) is 0 Å². The van der Waals surface area contributed by atoms with Gasteiger partial charge in [0.2, 0.25) is 0 Å². The molecule has 1 aromatic heterocycles. The number of aromatic hydroxyl groups is 1. The molecule has 1 aromatic rings. The maximum Gasteiger partial charge on any atom is 0.152 e. The number of hydrogen-bond acceptors (Lipinski definition) is 3. The largest absolute Gasteiger partial charge is 0.505 e. The summed E-state index contributed by atoms with van der Waals surface area (Å²) in [4.78, 5) is 7.05. The van der Waals surface area contributed by atoms with Crippen LogP contribution in [0.25, 0.3) is 0 Å². The Morgan fingerprint density at radius 3 is 2.00 bits per heavy atom. The molecule has 42 valence electrons. The zero-order valence-electron chi connectivity index (χ0n) is 3.98. The molecule has 0 aliphatic heterocycles. The molecule has 0 atom stereocenters. The minimum absolute atomic E-state index is 0. The normalized spacial score (nSPS) is 7.50. The first-order valence-electron chi connectivity index (χ1n) is 1.83. The van der Waals surface area contributed by atoms with Gasteiger partial charge in [-0.15, -0.1) is 0 Å². The molecule has 3 nitrogen and oxygen atoms in total. The number of rotatable bonds is 0. The van der Waals surface area contributed by atoms with Crippen LogP contribution in [0.3, 0.4) is 0 Å². The summed E-state index contributed by atoms with van der Waals surface area (Å²) in [6.07, 6.45) is 4.01. The SMILES string of the molecule is Oc1cncnc1.[W]. The molecule has 0 unspecified atom stereocenters. The third-order valence-electron chi connectivity index (χ3n) is 0.547. The summed E-state index contributed by atoms with van der Waals surface area (Å²) in [7, 11) is 0. The number of nitrogens with zero attached hydrogens (tertiary/aromatic N) is 2. The fourth-order valence-electron chi connectivity index (χ4n) is 0.291. The van der Waals surface area contributed by atoms with Crippen LogP contribution in [0.5, 0.6) is 5.75 Å². The topological polar surface area (TPSA) is 46.0 Å². The molecule has 0 saturated heterocycles. The Bertz CT molecular complexity index is 144. The third-order valence-corrected chi connectivity index (χ3v) is 0.547. The molecular formula is C4H4N2OW. The average Bonchev–Trinajstić information content (AvgIpc) is 1.69. The van der Waals surface area contributed by atoms with Gasteiger partial charge in [-0.05, 0) is 0 Å². The second-order valence-corrected chi connectivity index (χ2v) is 1.10. The van der Waals surface area contributed by atoms with E-state index in [-0.39, 0.29) is 26.8 Å². The minimum Gasteiger partial charge on any atom is -0.505 e. The van der Waals surface area contributed by atoms with Crippen LogP contribution in [-0.4, -0.2) is 15.1 Å². The molecule has 4 heteroatoms. The van der Waals surface area contributed by atoms with Gasteiger partial charge in [0, 0.05) is 21.1 Å². The molecule has 0 aliphatic rings. The molecule has 1 rings (SSSR count). The van der Waals surface area contributed by atoms with E-state index in [2.05, 4.69) is 9.97 Å². The van der Waals surface area contributed by atoms with Crippen molar-refractivity contribution in [3.05, 3.63) is 18.7 Å². The second kappa shape index (κ2) is 3.56. The monoisotopic (exact) mass is 280 g/mol. The van der Waals surface area contributed by atoms with Gasteiger partial charge in [-0.25, -0.2) is 9.97 Å². The van der Waals surface area contributed by atoms with Crippen LogP contribution < -0.4 is 0 Å². The van der Waals surface area contributed by atoms with Gasteiger partial charge < -0.3 is 5.11 Å². The van der Waals surface area contributed by atoms with Gasteiger partial charge in [0.05, 0.1) is 12.4 Å². The molecule has 0 saturated carbocycles. The molecule has 0 bridgehead atoms. The molecule has 0 spiro atoms. The van der Waals surface area contributed by atoms with Gasteiger partial charge in [0.1, 0.15) is 6.33 Å². The molecule has 0 amide bonds. The van der Waals surface area contributed by atoms with Gasteiger partial charge in [-0.3, -0.25) is 0 Å². The average molecular weight is 280 g/mol. The van der Waals surface area contributed by atoms with E-state index >= 15 is 0 Å². The van der Waals surface area contributed by atoms with Gasteiger partial charge in [-0.2, -0.15) is 0 Å². The summed E-state index contributed by atoms with van der Waals surface area (Å²) in [6.45, 7) is 0. The molecule has 1 N–H and O–H groups in total. The quantitative estimate of drug-likeness (QED) is 0.737. The van der Waals surface area contributed by atoms with Gasteiger partial charge >= 0.3 is 0 Å². The first-order valence-corrected chi connectivity index (χ1v) is 1.83. The maximum absolute atomic E-state index is 8.51. The third kappa shape index (κ3) is 2.03. The van der Waals surface area contributed by atoms with Crippen LogP contribution in [0.4, 0.5) is 0 Å². The van der Waals surface area contributed by atoms with Crippen molar-refractivity contribution in [1.29, 1.82) is 0 Å². The zero-order valence-corrected chi connectivity index (χ0v) is 6.92. The Labute approximate surface area is 61.1 Å². The van der Waals surface area contributed by atoms with Crippen molar-refractivity contribution in [2.24, 2.45) is 0 Å². The molecule has 8 heavy (non-hydrogen) atoms. The van der Waals surface area contributed by atoms with E-state index in [4.69, 9.17) is 5.11 Å². The van der Waals surface area contributed by atoms with Crippen LogP contribution in [0.15, 0.2) is 18.7 Å². The maximum atomic E-state index is 8.51. The summed E-state index contributed by atoms with van der Waals surface area (Å²) in [5.74, 6) is 0.0995. The predicted octanol–water partition coefficient (Wildman–Crippen LogP) is 0.180. The van der Waals surface area contributed by atoms with Crippen molar-refractivity contribution in [3.63, 3.8) is 0 Å². The molecule has 1 heterocycles. The first kappa shape index (κ1) is 7.57. The van der Waals surface area contributed by atoms with E-state index in [1.807, 2.05) is 0 Å². The number of aromatic nitrogens is 2. The Hall–Kier alpha value is -0.432. The van der Waals surface area contributed by atoms with E-state index in [0.29, 0.717) is 0 Å². The molecule has 0 aliphatic carbocycles. The van der Waals surface area contributed by atoms with E-state index < -0.39 is 0 Å². The van der Waals surface area contributed by atoms with E-state index in [1.165, 1.54) is 18.7 Å². The van der Waals surface area contributed by atoms with Crippen LogP contribution in [-0.2, 0) is 21.1 Å². The molecule has 0 fully saturated rings. The van der Waals surface area contributed by atoms with Gasteiger partial charge in [0.25, 0.3) is 0 Å². The standard InChI is InChI=1S/C4H4N2O.W/c7-4-1-5-3-6-2-4;/h1-3,7H;. The van der Waals surface area contributed by atoms with Crippen LogP contribution >= 0.6 is 0 Å². The predicted molar refractivity (Wildman–Crippen MR) is 23.7 cm³/mol. The van der Waals surface area contributed by atoms with Crippen molar-refractivity contribution >= 4 is 0 Å². The van der Waals surface area contributed by atoms with Crippen LogP contribution in [0, 0.1) is 0 Å². The zero-order chi connectivity index (χ0) is 5.11. The molecule has 0 aromatic carbocycles. The Morgan fingerprint density at radius 1 is 1.25 bits per heavy atom. The van der Waals surface area contributed by atoms with E-state index in [9.17, 15) is 0 Å². The summed E-state index contributed by atoms with van der Waals surface area (Å²) < 4.78 is 0. The molecular weight excluding hydrogens is 276 g/mol. The fraction of sp³-hybridized carbons (Fsp3) is 0.